The van der Waals surface area contributed by atoms with Gasteiger partial charge in [0.05, 0.1) is 22.2 Å². The van der Waals surface area contributed by atoms with Crippen LogP contribution in [0.3, 0.4) is 0 Å². The standard InChI is InChI=1S/C23H19N5OS/c24-22-21-20(27-23(15-10-16(29)11-15)28(21)8-7-25-22)14-4-3-13-5-6-17(26-18(13)12-14)19-2-1-9-30-19/h1-9,12,15-16,29H,10-11H2,(H2,24,25). The number of thiophene rings is 1. The van der Waals surface area contributed by atoms with Gasteiger partial charge in [0.1, 0.15) is 22.9 Å². The second-order valence-electron chi connectivity index (χ2n) is 7.75. The topological polar surface area (TPSA) is 89.3 Å². The van der Waals surface area contributed by atoms with Crippen molar-refractivity contribution in [1.29, 1.82) is 0 Å². The maximum atomic E-state index is 9.77. The number of pyridine rings is 1. The van der Waals surface area contributed by atoms with E-state index in [0.29, 0.717) is 5.82 Å². The van der Waals surface area contributed by atoms with Gasteiger partial charge in [-0.15, -0.1) is 11.3 Å². The number of fused-ring (bicyclic) bond motifs is 2. The number of rotatable bonds is 3. The average Bonchev–Trinajstić information content (AvgIpc) is 3.40. The molecule has 0 unspecified atom stereocenters. The summed E-state index contributed by atoms with van der Waals surface area (Å²) in [5.74, 6) is 1.61. The molecule has 5 aromatic rings. The summed E-state index contributed by atoms with van der Waals surface area (Å²) < 4.78 is 2.02. The number of hydrogen-bond donors (Lipinski definition) is 2. The first kappa shape index (κ1) is 17.6. The average molecular weight is 414 g/mol. The largest absolute Gasteiger partial charge is 0.393 e. The lowest BCUT2D eigenvalue weighted by Gasteiger charge is -2.30. The number of nitrogen functional groups attached to an aromatic ring is 1. The number of aromatic nitrogens is 4. The number of nitrogens with zero attached hydrogens (tertiary/aromatic N) is 4. The fourth-order valence-electron chi connectivity index (χ4n) is 4.20. The number of aliphatic hydroxyl groups excluding tert-OH is 1. The molecule has 0 radical (unpaired) electrons. The van der Waals surface area contributed by atoms with Crippen LogP contribution < -0.4 is 5.73 Å². The van der Waals surface area contributed by atoms with Gasteiger partial charge < -0.3 is 10.8 Å². The summed E-state index contributed by atoms with van der Waals surface area (Å²) in [7, 11) is 0. The first-order valence-corrected chi connectivity index (χ1v) is 10.8. The van der Waals surface area contributed by atoms with Gasteiger partial charge in [0, 0.05) is 29.3 Å². The second-order valence-corrected chi connectivity index (χ2v) is 8.70. The molecule has 0 spiro atoms. The van der Waals surface area contributed by atoms with Crippen molar-refractivity contribution in [3.63, 3.8) is 0 Å². The van der Waals surface area contributed by atoms with E-state index in [2.05, 4.69) is 46.8 Å². The van der Waals surface area contributed by atoms with Crippen LogP contribution in [0.25, 0.3) is 38.2 Å². The van der Waals surface area contributed by atoms with Crippen LogP contribution >= 0.6 is 11.3 Å². The van der Waals surface area contributed by atoms with Crippen LogP contribution in [0.1, 0.15) is 24.6 Å². The number of hydrogen-bond acceptors (Lipinski definition) is 6. The van der Waals surface area contributed by atoms with Crippen LogP contribution in [0, 0.1) is 0 Å². The lowest BCUT2D eigenvalue weighted by Crippen LogP contribution is -2.27. The summed E-state index contributed by atoms with van der Waals surface area (Å²) in [6.45, 7) is 0. The number of imidazole rings is 1. The van der Waals surface area contributed by atoms with Crippen molar-refractivity contribution in [3.05, 3.63) is 66.1 Å². The molecule has 1 aliphatic rings. The van der Waals surface area contributed by atoms with Crippen LogP contribution in [0.4, 0.5) is 5.82 Å². The highest BCUT2D eigenvalue weighted by Crippen LogP contribution is 2.39. The predicted molar refractivity (Wildman–Crippen MR) is 119 cm³/mol. The van der Waals surface area contributed by atoms with Crippen molar-refractivity contribution in [1.82, 2.24) is 19.4 Å². The van der Waals surface area contributed by atoms with E-state index in [1.165, 1.54) is 0 Å². The molecule has 0 aliphatic heterocycles. The molecule has 7 heteroatoms. The fourth-order valence-corrected chi connectivity index (χ4v) is 4.90. The maximum Gasteiger partial charge on any atom is 0.150 e. The molecular weight excluding hydrogens is 394 g/mol. The van der Waals surface area contributed by atoms with Crippen LogP contribution in [-0.2, 0) is 0 Å². The molecule has 6 rings (SSSR count). The molecule has 0 bridgehead atoms. The Kier molecular flexibility index (Phi) is 3.87. The minimum atomic E-state index is -0.245. The van der Waals surface area contributed by atoms with Gasteiger partial charge in [-0.2, -0.15) is 0 Å². The lowest BCUT2D eigenvalue weighted by atomic mass is 9.82. The van der Waals surface area contributed by atoms with Crippen LogP contribution in [0.2, 0.25) is 0 Å². The van der Waals surface area contributed by atoms with E-state index >= 15 is 0 Å². The molecule has 1 aromatic carbocycles. The number of nitrogens with two attached hydrogens (primary N) is 1. The molecule has 0 amide bonds. The molecule has 30 heavy (non-hydrogen) atoms. The number of aliphatic hydroxyl groups is 1. The normalized spacial score (nSPS) is 18.7. The van der Waals surface area contributed by atoms with Gasteiger partial charge in [-0.1, -0.05) is 24.3 Å². The Labute approximate surface area is 176 Å². The summed E-state index contributed by atoms with van der Waals surface area (Å²) in [4.78, 5) is 15.3. The van der Waals surface area contributed by atoms with Gasteiger partial charge >= 0.3 is 0 Å². The molecule has 4 aromatic heterocycles. The van der Waals surface area contributed by atoms with E-state index in [4.69, 9.17) is 15.7 Å². The summed E-state index contributed by atoms with van der Waals surface area (Å²) in [6.07, 6.45) is 4.80. The Balaban J connectivity index is 1.53. The quantitative estimate of drug-likeness (QED) is 0.455. The van der Waals surface area contributed by atoms with Gasteiger partial charge in [0.15, 0.2) is 0 Å². The molecule has 1 fully saturated rings. The third-order valence-electron chi connectivity index (χ3n) is 5.83. The highest BCUT2D eigenvalue weighted by atomic mass is 32.1. The molecule has 6 nitrogen and oxygen atoms in total. The Bertz CT molecular complexity index is 1390. The van der Waals surface area contributed by atoms with Gasteiger partial charge in [-0.05, 0) is 36.4 Å². The molecule has 148 valence electrons. The highest BCUT2D eigenvalue weighted by molar-refractivity contribution is 7.13. The molecule has 3 N–H and O–H groups in total. The van der Waals surface area contributed by atoms with E-state index in [0.717, 1.165) is 56.9 Å². The van der Waals surface area contributed by atoms with Gasteiger partial charge in [0.2, 0.25) is 0 Å². The summed E-state index contributed by atoms with van der Waals surface area (Å²) >= 11 is 1.68. The van der Waals surface area contributed by atoms with Crippen LogP contribution in [0.15, 0.2) is 60.2 Å². The lowest BCUT2D eigenvalue weighted by molar-refractivity contribution is 0.0715. The van der Waals surface area contributed by atoms with Crippen molar-refractivity contribution in [2.24, 2.45) is 0 Å². The second kappa shape index (κ2) is 6.62. The fraction of sp³-hybridized carbons (Fsp3) is 0.174. The minimum absolute atomic E-state index is 0.229. The van der Waals surface area contributed by atoms with E-state index < -0.39 is 0 Å². The van der Waals surface area contributed by atoms with E-state index in [9.17, 15) is 5.11 Å². The molecule has 1 saturated carbocycles. The predicted octanol–water partition coefficient (Wildman–Crippen LogP) is 4.49. The van der Waals surface area contributed by atoms with Crippen molar-refractivity contribution >= 4 is 33.6 Å². The zero-order valence-corrected chi connectivity index (χ0v) is 16.9. The summed E-state index contributed by atoms with van der Waals surface area (Å²) in [5, 5.41) is 12.9. The van der Waals surface area contributed by atoms with E-state index in [1.807, 2.05) is 16.7 Å². The van der Waals surface area contributed by atoms with Gasteiger partial charge in [-0.3, -0.25) is 4.40 Å². The Morgan fingerprint density at radius 3 is 2.77 bits per heavy atom. The van der Waals surface area contributed by atoms with Crippen molar-refractivity contribution in [2.75, 3.05) is 5.73 Å². The monoisotopic (exact) mass is 413 g/mol. The highest BCUT2D eigenvalue weighted by Gasteiger charge is 2.33. The molecule has 0 saturated heterocycles. The summed E-state index contributed by atoms with van der Waals surface area (Å²) in [5.41, 5.74) is 10.7. The Morgan fingerprint density at radius 1 is 1.10 bits per heavy atom. The minimum Gasteiger partial charge on any atom is -0.393 e. The van der Waals surface area contributed by atoms with E-state index in [-0.39, 0.29) is 12.0 Å². The zero-order chi connectivity index (χ0) is 20.2. The molecule has 4 heterocycles. The molecule has 0 atom stereocenters. The summed E-state index contributed by atoms with van der Waals surface area (Å²) in [6, 6.07) is 14.5. The third kappa shape index (κ3) is 2.70. The maximum absolute atomic E-state index is 9.77. The van der Waals surface area contributed by atoms with Gasteiger partial charge in [-0.25, -0.2) is 15.0 Å². The first-order chi connectivity index (χ1) is 14.7. The van der Waals surface area contributed by atoms with Crippen molar-refractivity contribution in [2.45, 2.75) is 24.9 Å². The first-order valence-electron chi connectivity index (χ1n) is 9.93. The van der Waals surface area contributed by atoms with Gasteiger partial charge in [0.25, 0.3) is 0 Å². The zero-order valence-electron chi connectivity index (χ0n) is 16.1. The molecule has 1 aliphatic carbocycles. The Morgan fingerprint density at radius 2 is 1.97 bits per heavy atom. The SMILES string of the molecule is Nc1nccn2c(C3CC(O)C3)nc(-c3ccc4ccc(-c5cccs5)nc4c3)c12. The number of benzene rings is 1. The van der Waals surface area contributed by atoms with Crippen LogP contribution in [0.5, 0.6) is 0 Å². The van der Waals surface area contributed by atoms with Crippen molar-refractivity contribution in [3.8, 4) is 21.8 Å². The van der Waals surface area contributed by atoms with Crippen LogP contribution in [-0.4, -0.2) is 30.6 Å². The smallest absolute Gasteiger partial charge is 0.150 e. The number of anilines is 1. The van der Waals surface area contributed by atoms with Crippen molar-refractivity contribution < 1.29 is 5.11 Å². The van der Waals surface area contributed by atoms with E-state index in [1.54, 1.807) is 17.5 Å². The third-order valence-corrected chi connectivity index (χ3v) is 6.72. The Hall–Kier alpha value is -3.29. The molecular formula is C23H19N5OS.